The van der Waals surface area contributed by atoms with Crippen LogP contribution in [0.1, 0.15) is 58.3 Å². The Morgan fingerprint density at radius 2 is 1.75 bits per heavy atom. The molecule has 0 aromatic rings. The summed E-state index contributed by atoms with van der Waals surface area (Å²) in [6, 6.07) is 3.34. The quantitative estimate of drug-likeness (QED) is 0.853. The van der Waals surface area contributed by atoms with Gasteiger partial charge in [0, 0.05) is 30.7 Å². The Hall–Kier alpha value is -0.120. The van der Waals surface area contributed by atoms with Gasteiger partial charge in [-0.25, -0.2) is 0 Å². The van der Waals surface area contributed by atoms with Crippen molar-refractivity contribution in [2.75, 3.05) is 26.7 Å². The lowest BCUT2D eigenvalue weighted by Gasteiger charge is -2.51. The maximum Gasteiger partial charge on any atom is 0.0220 e. The van der Waals surface area contributed by atoms with E-state index in [-0.39, 0.29) is 0 Å². The van der Waals surface area contributed by atoms with Gasteiger partial charge in [0.1, 0.15) is 0 Å². The molecule has 0 aliphatic carbocycles. The normalized spacial score (nSPS) is 39.9. The van der Waals surface area contributed by atoms with Crippen LogP contribution in [0.15, 0.2) is 0 Å². The molecule has 0 saturated carbocycles. The predicted octanol–water partition coefficient (Wildman–Crippen LogP) is 2.47. The summed E-state index contributed by atoms with van der Waals surface area (Å²) in [6.07, 6.45) is 11.4. The lowest BCUT2D eigenvalue weighted by atomic mass is 9.81. The maximum absolute atomic E-state index is 3.71. The van der Waals surface area contributed by atoms with Crippen LogP contribution in [-0.2, 0) is 0 Å². The molecule has 3 aliphatic rings. The second-order valence-electron chi connectivity index (χ2n) is 7.29. The lowest BCUT2D eigenvalue weighted by Crippen LogP contribution is -2.59. The highest BCUT2D eigenvalue weighted by Gasteiger charge is 2.39. The molecule has 2 bridgehead atoms. The molecule has 0 amide bonds. The number of rotatable bonds is 4. The summed E-state index contributed by atoms with van der Waals surface area (Å²) in [4.78, 5) is 5.53. The summed E-state index contributed by atoms with van der Waals surface area (Å²) >= 11 is 0. The molecule has 0 spiro atoms. The minimum absolute atomic E-state index is 0.788. The van der Waals surface area contributed by atoms with E-state index in [1.165, 1.54) is 64.5 Å². The number of hydrogen-bond acceptors (Lipinski definition) is 3. The van der Waals surface area contributed by atoms with Gasteiger partial charge in [-0.3, -0.25) is 4.90 Å². The van der Waals surface area contributed by atoms with Crippen molar-refractivity contribution >= 4 is 0 Å². The van der Waals surface area contributed by atoms with Gasteiger partial charge in [-0.15, -0.1) is 0 Å². The number of nitrogens with one attached hydrogen (secondary N) is 1. The van der Waals surface area contributed by atoms with Crippen molar-refractivity contribution in [3.05, 3.63) is 0 Å². The van der Waals surface area contributed by atoms with Crippen molar-refractivity contribution in [3.63, 3.8) is 0 Å². The molecule has 3 nitrogen and oxygen atoms in total. The van der Waals surface area contributed by atoms with Gasteiger partial charge < -0.3 is 10.2 Å². The molecular formula is C17H33N3. The number of likely N-dealkylation sites (N-methyl/N-ethyl adjacent to an activating group) is 1. The van der Waals surface area contributed by atoms with E-state index in [1.54, 1.807) is 0 Å². The Morgan fingerprint density at radius 3 is 2.40 bits per heavy atom. The summed E-state index contributed by atoms with van der Waals surface area (Å²) < 4.78 is 0. The Labute approximate surface area is 125 Å². The van der Waals surface area contributed by atoms with Crippen LogP contribution >= 0.6 is 0 Å². The number of fused-ring (bicyclic) bond motifs is 2. The monoisotopic (exact) mass is 279 g/mol. The highest BCUT2D eigenvalue weighted by molar-refractivity contribution is 4.96. The SMILES string of the molecule is CCNC1CC2CCCC(C1)N2CC1CCCCN1C. The van der Waals surface area contributed by atoms with Crippen molar-refractivity contribution in [1.82, 2.24) is 15.1 Å². The highest BCUT2D eigenvalue weighted by atomic mass is 15.3. The minimum Gasteiger partial charge on any atom is -0.314 e. The molecule has 0 aromatic carbocycles. The third-order valence-corrected chi connectivity index (χ3v) is 5.96. The van der Waals surface area contributed by atoms with Crippen molar-refractivity contribution in [3.8, 4) is 0 Å². The van der Waals surface area contributed by atoms with Crippen LogP contribution in [0.4, 0.5) is 0 Å². The molecule has 3 rings (SSSR count). The molecular weight excluding hydrogens is 246 g/mol. The molecule has 3 saturated heterocycles. The Bertz CT molecular complexity index is 293. The van der Waals surface area contributed by atoms with Crippen LogP contribution in [0.2, 0.25) is 0 Å². The summed E-state index contributed by atoms with van der Waals surface area (Å²) in [6.45, 7) is 6.03. The van der Waals surface area contributed by atoms with Crippen molar-refractivity contribution in [1.29, 1.82) is 0 Å². The van der Waals surface area contributed by atoms with E-state index < -0.39 is 0 Å². The van der Waals surface area contributed by atoms with Gasteiger partial charge in [-0.1, -0.05) is 19.8 Å². The average Bonchev–Trinajstić information content (AvgIpc) is 2.42. The minimum atomic E-state index is 0.788. The zero-order chi connectivity index (χ0) is 13.9. The zero-order valence-corrected chi connectivity index (χ0v) is 13.5. The maximum atomic E-state index is 3.71. The molecule has 0 radical (unpaired) electrons. The van der Waals surface area contributed by atoms with Gasteiger partial charge in [0.25, 0.3) is 0 Å². The van der Waals surface area contributed by atoms with E-state index in [2.05, 4.69) is 29.1 Å². The largest absolute Gasteiger partial charge is 0.314 e. The molecule has 3 heteroatoms. The number of piperidine rings is 3. The van der Waals surface area contributed by atoms with Gasteiger partial charge in [0.15, 0.2) is 0 Å². The standard InChI is InChI=1S/C17H33N3/c1-3-18-14-11-15-8-6-9-16(12-14)20(15)13-17-7-4-5-10-19(17)2/h14-18H,3-13H2,1-2H3. The van der Waals surface area contributed by atoms with Gasteiger partial charge in [-0.05, 0) is 58.7 Å². The fraction of sp³-hybridized carbons (Fsp3) is 1.00. The smallest absolute Gasteiger partial charge is 0.0220 e. The summed E-state index contributed by atoms with van der Waals surface area (Å²) in [5, 5.41) is 3.71. The molecule has 3 fully saturated rings. The van der Waals surface area contributed by atoms with Gasteiger partial charge in [-0.2, -0.15) is 0 Å². The number of likely N-dealkylation sites (tertiary alicyclic amines) is 1. The van der Waals surface area contributed by atoms with E-state index in [1.807, 2.05) is 0 Å². The van der Waals surface area contributed by atoms with Crippen LogP contribution in [0.3, 0.4) is 0 Å². The first-order valence-electron chi connectivity index (χ1n) is 8.97. The van der Waals surface area contributed by atoms with Crippen LogP contribution in [-0.4, -0.2) is 60.6 Å². The number of nitrogens with zero attached hydrogens (tertiary/aromatic N) is 2. The molecule has 1 N–H and O–H groups in total. The van der Waals surface area contributed by atoms with Crippen LogP contribution < -0.4 is 5.32 Å². The third-order valence-electron chi connectivity index (χ3n) is 5.96. The van der Waals surface area contributed by atoms with E-state index in [9.17, 15) is 0 Å². The van der Waals surface area contributed by atoms with Gasteiger partial charge in [0.2, 0.25) is 0 Å². The molecule has 3 atom stereocenters. The van der Waals surface area contributed by atoms with Crippen molar-refractivity contribution < 1.29 is 0 Å². The van der Waals surface area contributed by atoms with Crippen LogP contribution in [0, 0.1) is 0 Å². The topological polar surface area (TPSA) is 18.5 Å². The summed E-state index contributed by atoms with van der Waals surface area (Å²) in [5.41, 5.74) is 0. The van der Waals surface area contributed by atoms with Crippen LogP contribution in [0.5, 0.6) is 0 Å². The van der Waals surface area contributed by atoms with Crippen molar-refractivity contribution in [2.24, 2.45) is 0 Å². The zero-order valence-electron chi connectivity index (χ0n) is 13.5. The first kappa shape index (κ1) is 14.8. The molecule has 3 heterocycles. The Kier molecular flexibility index (Phi) is 5.00. The van der Waals surface area contributed by atoms with E-state index in [4.69, 9.17) is 0 Å². The lowest BCUT2D eigenvalue weighted by molar-refractivity contribution is -0.00119. The molecule has 3 unspecified atom stereocenters. The fourth-order valence-electron chi connectivity index (χ4n) is 4.85. The molecule has 0 aromatic heterocycles. The fourth-order valence-corrected chi connectivity index (χ4v) is 4.85. The Morgan fingerprint density at radius 1 is 1.00 bits per heavy atom. The van der Waals surface area contributed by atoms with E-state index >= 15 is 0 Å². The number of hydrogen-bond donors (Lipinski definition) is 1. The highest BCUT2D eigenvalue weighted by Crippen LogP contribution is 2.35. The van der Waals surface area contributed by atoms with Gasteiger partial charge in [0.05, 0.1) is 0 Å². The predicted molar refractivity (Wildman–Crippen MR) is 85.1 cm³/mol. The summed E-state index contributed by atoms with van der Waals surface area (Å²) in [7, 11) is 2.34. The Balaban J connectivity index is 1.61. The van der Waals surface area contributed by atoms with E-state index in [0.717, 1.165) is 30.7 Å². The molecule has 3 aliphatic heterocycles. The second-order valence-corrected chi connectivity index (χ2v) is 7.29. The first-order chi connectivity index (χ1) is 9.78. The third kappa shape index (κ3) is 3.20. The van der Waals surface area contributed by atoms with Crippen LogP contribution in [0.25, 0.3) is 0 Å². The van der Waals surface area contributed by atoms with Crippen molar-refractivity contribution in [2.45, 2.75) is 82.5 Å². The average molecular weight is 279 g/mol. The second kappa shape index (κ2) is 6.76. The molecule has 116 valence electrons. The molecule has 20 heavy (non-hydrogen) atoms. The first-order valence-corrected chi connectivity index (χ1v) is 8.97. The van der Waals surface area contributed by atoms with E-state index in [0.29, 0.717) is 0 Å². The van der Waals surface area contributed by atoms with Gasteiger partial charge >= 0.3 is 0 Å². The summed E-state index contributed by atoms with van der Waals surface area (Å²) in [5.74, 6) is 0.